The average molecular weight is 309 g/mol. The van der Waals surface area contributed by atoms with E-state index in [1.165, 1.54) is 24.3 Å². The van der Waals surface area contributed by atoms with Gasteiger partial charge >= 0.3 is 0 Å². The van der Waals surface area contributed by atoms with Gasteiger partial charge in [-0.25, -0.2) is 4.98 Å². The van der Waals surface area contributed by atoms with Crippen LogP contribution in [-0.4, -0.2) is 20.0 Å². The van der Waals surface area contributed by atoms with Crippen molar-refractivity contribution in [2.75, 3.05) is 0 Å². The zero-order valence-electron chi connectivity index (χ0n) is 11.8. The van der Waals surface area contributed by atoms with E-state index in [0.29, 0.717) is 11.1 Å². The zero-order valence-corrected chi connectivity index (χ0v) is 11.8. The molecule has 0 unspecified atom stereocenters. The van der Waals surface area contributed by atoms with Gasteiger partial charge in [0.2, 0.25) is 0 Å². The second-order valence-electron chi connectivity index (χ2n) is 4.81. The number of nitro groups is 1. The first-order valence-corrected chi connectivity index (χ1v) is 6.69. The fourth-order valence-electron chi connectivity index (χ4n) is 2.12. The van der Waals surface area contributed by atoms with Crippen LogP contribution in [0.5, 0.6) is 0 Å². The number of hydrogen-bond donors (Lipinski definition) is 2. The Morgan fingerprint density at radius 2 is 1.96 bits per heavy atom. The van der Waals surface area contributed by atoms with Gasteiger partial charge in [0.25, 0.3) is 11.2 Å². The molecule has 7 nitrogen and oxygen atoms in total. The van der Waals surface area contributed by atoms with Crippen LogP contribution in [0.4, 0.5) is 5.69 Å². The Kier molecular flexibility index (Phi) is 3.60. The molecule has 0 aliphatic carbocycles. The highest BCUT2D eigenvalue weighted by Crippen LogP contribution is 2.18. The van der Waals surface area contributed by atoms with E-state index in [0.717, 1.165) is 0 Å². The second-order valence-corrected chi connectivity index (χ2v) is 4.81. The summed E-state index contributed by atoms with van der Waals surface area (Å²) in [6.07, 6.45) is 1.23. The first kappa shape index (κ1) is 14.5. The summed E-state index contributed by atoms with van der Waals surface area (Å²) in [5.41, 5.74) is 0.545. The molecule has 0 saturated heterocycles. The van der Waals surface area contributed by atoms with Gasteiger partial charge in [-0.15, -0.1) is 0 Å². The largest absolute Gasteiger partial charge is 0.507 e. The van der Waals surface area contributed by atoms with Crippen molar-refractivity contribution >= 4 is 28.6 Å². The molecule has 3 aromatic rings. The van der Waals surface area contributed by atoms with Crippen LogP contribution in [0.1, 0.15) is 11.3 Å². The summed E-state index contributed by atoms with van der Waals surface area (Å²) >= 11 is 0. The maximum absolute atomic E-state index is 12.0. The number of rotatable bonds is 3. The molecule has 0 saturated carbocycles. The molecular weight excluding hydrogens is 298 g/mol. The number of H-pyrrole nitrogens is 1. The van der Waals surface area contributed by atoms with Crippen LogP contribution >= 0.6 is 0 Å². The number of fused-ring (bicyclic) bond motifs is 1. The molecule has 0 aliphatic heterocycles. The maximum Gasteiger partial charge on any atom is 0.274 e. The molecule has 0 radical (unpaired) electrons. The predicted octanol–water partition coefficient (Wildman–Crippen LogP) is 2.89. The van der Waals surface area contributed by atoms with Gasteiger partial charge in [0.1, 0.15) is 11.5 Å². The number of aliphatic hydroxyl groups excluding tert-OH is 1. The smallest absolute Gasteiger partial charge is 0.274 e. The van der Waals surface area contributed by atoms with Crippen molar-refractivity contribution in [1.29, 1.82) is 0 Å². The summed E-state index contributed by atoms with van der Waals surface area (Å²) < 4.78 is 0. The lowest BCUT2D eigenvalue weighted by molar-refractivity contribution is -0.384. The lowest BCUT2D eigenvalue weighted by Gasteiger charge is -2.02. The van der Waals surface area contributed by atoms with Crippen molar-refractivity contribution in [1.82, 2.24) is 9.97 Å². The number of benzene rings is 2. The number of nitrogens with zero attached hydrogens (tertiary/aromatic N) is 2. The van der Waals surface area contributed by atoms with Crippen LogP contribution in [0.2, 0.25) is 0 Å². The quantitative estimate of drug-likeness (QED) is 0.439. The highest BCUT2D eigenvalue weighted by Gasteiger charge is 2.10. The number of hydrogen-bond acceptors (Lipinski definition) is 5. The summed E-state index contributed by atoms with van der Waals surface area (Å²) in [5.74, 6) is -0.117. The zero-order chi connectivity index (χ0) is 16.4. The monoisotopic (exact) mass is 309 g/mol. The number of aromatic amines is 1. The minimum Gasteiger partial charge on any atom is -0.507 e. The van der Waals surface area contributed by atoms with Crippen LogP contribution in [0.3, 0.4) is 0 Å². The standard InChI is InChI=1S/C16H11N3O4/c20-15(10-4-2-1-3-5-10)9-14-16(21)18-12-7-6-11(19(22)23)8-13(12)17-14/h1-9,20H,(H,18,21)/b15-9-. The molecule has 1 heterocycles. The molecule has 7 heteroatoms. The number of nitrogens with one attached hydrogen (secondary N) is 1. The fourth-order valence-corrected chi connectivity index (χ4v) is 2.12. The van der Waals surface area contributed by atoms with Gasteiger partial charge in [-0.3, -0.25) is 14.9 Å². The number of nitro benzene ring substituents is 1. The Morgan fingerprint density at radius 3 is 2.65 bits per heavy atom. The Hall–Kier alpha value is -3.48. The summed E-state index contributed by atoms with van der Waals surface area (Å²) in [5, 5.41) is 20.9. The van der Waals surface area contributed by atoms with Crippen molar-refractivity contribution in [3.8, 4) is 0 Å². The molecule has 2 aromatic carbocycles. The lowest BCUT2D eigenvalue weighted by atomic mass is 10.1. The third-order valence-corrected chi connectivity index (χ3v) is 3.26. The predicted molar refractivity (Wildman–Crippen MR) is 86.0 cm³/mol. The molecule has 0 fully saturated rings. The summed E-state index contributed by atoms with van der Waals surface area (Å²) in [4.78, 5) is 29.0. The SMILES string of the molecule is O=c1[nH]c2ccc([N+](=O)[O-])cc2nc1/C=C(\O)c1ccccc1. The van der Waals surface area contributed by atoms with E-state index in [1.807, 2.05) is 0 Å². The molecule has 0 amide bonds. The van der Waals surface area contributed by atoms with Crippen LogP contribution in [0.15, 0.2) is 53.3 Å². The van der Waals surface area contributed by atoms with Gasteiger partial charge in [0.15, 0.2) is 0 Å². The third kappa shape index (κ3) is 2.93. The van der Waals surface area contributed by atoms with Crippen molar-refractivity contribution in [2.24, 2.45) is 0 Å². The first-order chi connectivity index (χ1) is 11.0. The molecule has 0 spiro atoms. The Bertz CT molecular complexity index is 978. The van der Waals surface area contributed by atoms with Crippen LogP contribution in [0, 0.1) is 10.1 Å². The molecule has 0 atom stereocenters. The van der Waals surface area contributed by atoms with E-state index in [4.69, 9.17) is 0 Å². The van der Waals surface area contributed by atoms with E-state index in [9.17, 15) is 20.0 Å². The van der Waals surface area contributed by atoms with Crippen molar-refractivity contribution in [2.45, 2.75) is 0 Å². The topological polar surface area (TPSA) is 109 Å². The minimum absolute atomic E-state index is 0.0284. The van der Waals surface area contributed by atoms with E-state index >= 15 is 0 Å². The second kappa shape index (κ2) is 5.72. The highest BCUT2D eigenvalue weighted by molar-refractivity contribution is 5.80. The Balaban J connectivity index is 2.12. The van der Waals surface area contributed by atoms with Gasteiger partial charge < -0.3 is 10.1 Å². The Labute approximate surface area is 129 Å². The average Bonchev–Trinajstić information content (AvgIpc) is 2.55. The van der Waals surface area contributed by atoms with E-state index in [-0.39, 0.29) is 22.7 Å². The van der Waals surface area contributed by atoms with Gasteiger partial charge in [-0.05, 0) is 6.07 Å². The van der Waals surface area contributed by atoms with Crippen molar-refractivity contribution < 1.29 is 10.0 Å². The van der Waals surface area contributed by atoms with Crippen molar-refractivity contribution in [3.05, 3.63) is 80.3 Å². The summed E-state index contributed by atoms with van der Waals surface area (Å²) in [6, 6.07) is 12.7. The molecule has 114 valence electrons. The third-order valence-electron chi connectivity index (χ3n) is 3.26. The highest BCUT2D eigenvalue weighted by atomic mass is 16.6. The molecule has 0 bridgehead atoms. The van der Waals surface area contributed by atoms with Gasteiger partial charge in [0, 0.05) is 23.8 Å². The normalized spacial score (nSPS) is 11.6. The Morgan fingerprint density at radius 1 is 1.22 bits per heavy atom. The molecular formula is C16H11N3O4. The van der Waals surface area contributed by atoms with Gasteiger partial charge in [0.05, 0.1) is 16.0 Å². The molecule has 1 aromatic heterocycles. The van der Waals surface area contributed by atoms with Gasteiger partial charge in [-0.1, -0.05) is 30.3 Å². The van der Waals surface area contributed by atoms with E-state index in [1.54, 1.807) is 30.3 Å². The van der Waals surface area contributed by atoms with Crippen LogP contribution in [-0.2, 0) is 0 Å². The minimum atomic E-state index is -0.539. The number of aromatic nitrogens is 2. The van der Waals surface area contributed by atoms with E-state index < -0.39 is 10.5 Å². The molecule has 0 aliphatic rings. The lowest BCUT2D eigenvalue weighted by Crippen LogP contribution is -2.12. The van der Waals surface area contributed by atoms with Gasteiger partial charge in [-0.2, -0.15) is 0 Å². The van der Waals surface area contributed by atoms with Crippen LogP contribution < -0.4 is 5.56 Å². The maximum atomic E-state index is 12.0. The summed E-state index contributed by atoms with van der Waals surface area (Å²) in [7, 11) is 0. The number of non-ortho nitro benzene ring substituents is 1. The molecule has 23 heavy (non-hydrogen) atoms. The molecule has 3 rings (SSSR count). The number of aliphatic hydroxyl groups is 1. The first-order valence-electron chi connectivity index (χ1n) is 6.69. The van der Waals surface area contributed by atoms with E-state index in [2.05, 4.69) is 9.97 Å². The summed E-state index contributed by atoms with van der Waals surface area (Å²) in [6.45, 7) is 0. The molecule has 2 N–H and O–H groups in total. The van der Waals surface area contributed by atoms with Crippen molar-refractivity contribution in [3.63, 3.8) is 0 Å². The van der Waals surface area contributed by atoms with Crippen LogP contribution in [0.25, 0.3) is 22.9 Å². The fraction of sp³-hybridized carbons (Fsp3) is 0.